The molecule has 0 saturated carbocycles. The number of aliphatic hydroxyl groups is 1. The minimum Gasteiger partial charge on any atom is -0.507 e. The van der Waals surface area contributed by atoms with Crippen LogP contribution in [0.3, 0.4) is 0 Å². The first kappa shape index (κ1) is 21.7. The zero-order chi connectivity index (χ0) is 24.0. The SMILES string of the molecule is COc1c(Cl)cc(C)cc1/C(O)=C1\C(=O)C(=O)N(c2nc3ccccc3[nH]2)C1c1cccnc1. The molecule has 1 aliphatic heterocycles. The topological polar surface area (TPSA) is 108 Å². The van der Waals surface area contributed by atoms with Gasteiger partial charge in [-0.05, 0) is 48.4 Å². The number of carbonyl (C=O) groups is 2. The molecule has 0 spiro atoms. The summed E-state index contributed by atoms with van der Waals surface area (Å²) in [5, 5.41) is 11.7. The van der Waals surface area contributed by atoms with Gasteiger partial charge in [0.2, 0.25) is 5.95 Å². The van der Waals surface area contributed by atoms with E-state index in [0.717, 1.165) is 5.56 Å². The molecule has 1 amide bonds. The van der Waals surface area contributed by atoms with Crippen molar-refractivity contribution < 1.29 is 19.4 Å². The first-order valence-corrected chi connectivity index (χ1v) is 10.8. The number of H-pyrrole nitrogens is 1. The van der Waals surface area contributed by atoms with Crippen molar-refractivity contribution in [1.29, 1.82) is 0 Å². The number of amides is 1. The van der Waals surface area contributed by atoms with Gasteiger partial charge in [0.05, 0.1) is 40.3 Å². The number of pyridine rings is 1. The van der Waals surface area contributed by atoms with Crippen LogP contribution in [0.25, 0.3) is 16.8 Å². The predicted octanol–water partition coefficient (Wildman–Crippen LogP) is 4.55. The van der Waals surface area contributed by atoms with Gasteiger partial charge in [-0.2, -0.15) is 0 Å². The third kappa shape index (κ3) is 3.39. The number of Topliss-reactive ketones (excluding diaryl/α,β-unsaturated/α-hetero) is 1. The van der Waals surface area contributed by atoms with Gasteiger partial charge in [-0.25, -0.2) is 4.98 Å². The number of ether oxygens (including phenoxy) is 1. The van der Waals surface area contributed by atoms with Crippen molar-refractivity contribution in [2.75, 3.05) is 12.0 Å². The number of imidazole rings is 1. The number of aromatic nitrogens is 3. The van der Waals surface area contributed by atoms with Gasteiger partial charge in [-0.15, -0.1) is 0 Å². The van der Waals surface area contributed by atoms with Crippen molar-refractivity contribution in [2.45, 2.75) is 13.0 Å². The maximum Gasteiger partial charge on any atom is 0.302 e. The van der Waals surface area contributed by atoms with E-state index in [4.69, 9.17) is 16.3 Å². The monoisotopic (exact) mass is 474 g/mol. The largest absolute Gasteiger partial charge is 0.507 e. The van der Waals surface area contributed by atoms with E-state index in [1.54, 1.807) is 49.6 Å². The number of fused-ring (bicyclic) bond motifs is 1. The van der Waals surface area contributed by atoms with Crippen LogP contribution in [-0.4, -0.2) is 38.9 Å². The number of para-hydroxylation sites is 2. The van der Waals surface area contributed by atoms with Crippen molar-refractivity contribution >= 4 is 46.0 Å². The maximum atomic E-state index is 13.3. The Bertz CT molecular complexity index is 1450. The van der Waals surface area contributed by atoms with E-state index in [1.165, 1.54) is 12.0 Å². The van der Waals surface area contributed by atoms with Crippen LogP contribution in [0.1, 0.15) is 22.7 Å². The molecule has 5 rings (SSSR count). The second kappa shape index (κ2) is 8.31. The van der Waals surface area contributed by atoms with Crippen LogP contribution in [0.2, 0.25) is 5.02 Å². The van der Waals surface area contributed by atoms with Gasteiger partial charge in [-0.1, -0.05) is 29.8 Å². The summed E-state index contributed by atoms with van der Waals surface area (Å²) in [6.07, 6.45) is 3.13. The summed E-state index contributed by atoms with van der Waals surface area (Å²) in [7, 11) is 1.42. The standard InChI is InChI=1S/C25H19ClN4O4/c1-13-10-15(23(34-2)16(26)11-13)21(31)19-20(14-6-5-9-27-12-14)30(24(33)22(19)32)25-28-17-7-3-4-8-18(17)29-25/h3-12,20,31H,1-2H3,(H,28,29)/b21-19+. The Morgan fingerprint density at radius 1 is 1.18 bits per heavy atom. The highest BCUT2D eigenvalue weighted by molar-refractivity contribution is 6.51. The number of hydrogen-bond acceptors (Lipinski definition) is 6. The fourth-order valence-corrected chi connectivity index (χ4v) is 4.57. The first-order valence-electron chi connectivity index (χ1n) is 10.4. The third-order valence-electron chi connectivity index (χ3n) is 5.70. The van der Waals surface area contributed by atoms with E-state index in [-0.39, 0.29) is 27.9 Å². The number of hydrogen-bond donors (Lipinski definition) is 2. The zero-order valence-electron chi connectivity index (χ0n) is 18.2. The number of aliphatic hydroxyl groups excluding tert-OH is 1. The van der Waals surface area contributed by atoms with Gasteiger partial charge in [0.15, 0.2) is 0 Å². The van der Waals surface area contributed by atoms with Crippen LogP contribution < -0.4 is 9.64 Å². The summed E-state index contributed by atoms with van der Waals surface area (Å²) in [5.74, 6) is -1.69. The fourth-order valence-electron chi connectivity index (χ4n) is 4.21. The van der Waals surface area contributed by atoms with Gasteiger partial charge >= 0.3 is 5.91 Å². The number of rotatable bonds is 4. The number of aromatic amines is 1. The normalized spacial score (nSPS) is 17.5. The Kier molecular flexibility index (Phi) is 5.30. The number of carbonyl (C=O) groups excluding carboxylic acids is 2. The predicted molar refractivity (Wildman–Crippen MR) is 128 cm³/mol. The van der Waals surface area contributed by atoms with Crippen LogP contribution in [0.5, 0.6) is 5.75 Å². The lowest BCUT2D eigenvalue weighted by Crippen LogP contribution is -2.30. The molecule has 9 heteroatoms. The number of methoxy groups -OCH3 is 1. The third-order valence-corrected chi connectivity index (χ3v) is 5.98. The molecule has 1 atom stereocenters. The van der Waals surface area contributed by atoms with Gasteiger partial charge in [0.25, 0.3) is 5.78 Å². The van der Waals surface area contributed by atoms with E-state index in [1.807, 2.05) is 18.2 Å². The van der Waals surface area contributed by atoms with Crippen LogP contribution in [0, 0.1) is 6.92 Å². The summed E-state index contributed by atoms with van der Waals surface area (Å²) in [6, 6.07) is 13.1. The number of halogens is 1. The molecule has 2 aromatic carbocycles. The van der Waals surface area contributed by atoms with Crippen LogP contribution in [-0.2, 0) is 9.59 Å². The molecule has 8 nitrogen and oxygen atoms in total. The Hall–Kier alpha value is -4.17. The van der Waals surface area contributed by atoms with E-state index in [9.17, 15) is 14.7 Å². The van der Waals surface area contributed by atoms with Crippen LogP contribution in [0.15, 0.2) is 66.5 Å². The maximum absolute atomic E-state index is 13.3. The highest BCUT2D eigenvalue weighted by Crippen LogP contribution is 2.44. The summed E-state index contributed by atoms with van der Waals surface area (Å²) in [4.78, 5) is 39.6. The first-order chi connectivity index (χ1) is 16.4. The molecular formula is C25H19ClN4O4. The lowest BCUT2D eigenvalue weighted by atomic mass is 9.95. The van der Waals surface area contributed by atoms with Crippen molar-refractivity contribution in [3.63, 3.8) is 0 Å². The molecule has 4 aromatic rings. The number of ketones is 1. The molecule has 1 unspecified atom stereocenters. The molecule has 2 aromatic heterocycles. The summed E-state index contributed by atoms with van der Waals surface area (Å²) in [5.41, 5.74) is 2.72. The number of anilines is 1. The van der Waals surface area contributed by atoms with Crippen molar-refractivity contribution in [1.82, 2.24) is 15.0 Å². The van der Waals surface area contributed by atoms with Crippen LogP contribution in [0.4, 0.5) is 5.95 Å². The lowest BCUT2D eigenvalue weighted by molar-refractivity contribution is -0.132. The Balaban J connectivity index is 1.77. The quantitative estimate of drug-likeness (QED) is 0.255. The van der Waals surface area contributed by atoms with Gasteiger partial charge < -0.3 is 14.8 Å². The number of aryl methyl sites for hydroxylation is 1. The Morgan fingerprint density at radius 2 is 1.97 bits per heavy atom. The molecule has 170 valence electrons. The van der Waals surface area contributed by atoms with Gasteiger partial charge in [0.1, 0.15) is 11.5 Å². The highest BCUT2D eigenvalue weighted by atomic mass is 35.5. The van der Waals surface area contributed by atoms with Gasteiger partial charge in [0, 0.05) is 12.4 Å². The van der Waals surface area contributed by atoms with Crippen molar-refractivity contribution in [3.8, 4) is 5.75 Å². The summed E-state index contributed by atoms with van der Waals surface area (Å²) in [6.45, 7) is 1.80. The smallest absolute Gasteiger partial charge is 0.302 e. The fraction of sp³-hybridized carbons (Fsp3) is 0.120. The molecule has 3 heterocycles. The number of nitrogens with zero attached hydrogens (tertiary/aromatic N) is 3. The van der Waals surface area contributed by atoms with Crippen molar-refractivity contribution in [3.05, 3.63) is 88.2 Å². The highest BCUT2D eigenvalue weighted by Gasteiger charge is 2.48. The minimum absolute atomic E-state index is 0.113. The molecule has 0 aliphatic carbocycles. The van der Waals surface area contributed by atoms with E-state index in [2.05, 4.69) is 15.0 Å². The average Bonchev–Trinajstić information content (AvgIpc) is 3.37. The van der Waals surface area contributed by atoms with Crippen molar-refractivity contribution in [2.24, 2.45) is 0 Å². The zero-order valence-corrected chi connectivity index (χ0v) is 19.0. The molecule has 1 fully saturated rings. The minimum atomic E-state index is -0.974. The average molecular weight is 475 g/mol. The van der Waals surface area contributed by atoms with E-state index >= 15 is 0 Å². The number of benzene rings is 2. The molecule has 1 aliphatic rings. The Labute approximate surface area is 199 Å². The molecule has 0 radical (unpaired) electrons. The number of nitrogens with one attached hydrogen (secondary N) is 1. The van der Waals surface area contributed by atoms with Gasteiger partial charge in [-0.3, -0.25) is 19.5 Å². The van der Waals surface area contributed by atoms with E-state index in [0.29, 0.717) is 16.6 Å². The molecular weight excluding hydrogens is 456 g/mol. The Morgan fingerprint density at radius 3 is 2.68 bits per heavy atom. The second-order valence-corrected chi connectivity index (χ2v) is 8.27. The molecule has 1 saturated heterocycles. The molecule has 0 bridgehead atoms. The molecule has 34 heavy (non-hydrogen) atoms. The molecule has 2 N–H and O–H groups in total. The lowest BCUT2D eigenvalue weighted by Gasteiger charge is -2.23. The van der Waals surface area contributed by atoms with Crippen LogP contribution >= 0.6 is 11.6 Å². The van der Waals surface area contributed by atoms with E-state index < -0.39 is 23.5 Å². The summed E-state index contributed by atoms with van der Waals surface area (Å²) >= 11 is 6.33. The summed E-state index contributed by atoms with van der Waals surface area (Å²) < 4.78 is 5.40. The second-order valence-electron chi connectivity index (χ2n) is 7.86.